The number of nitrogens with zero attached hydrogens (tertiary/aromatic N) is 1. The van der Waals surface area contributed by atoms with Gasteiger partial charge in [-0.2, -0.15) is 0 Å². The topological polar surface area (TPSA) is 110 Å². The Kier molecular flexibility index (Phi) is 5.49. The van der Waals surface area contributed by atoms with Crippen molar-refractivity contribution in [2.75, 3.05) is 5.32 Å². The zero-order valence-electron chi connectivity index (χ0n) is 11.8. The maximum absolute atomic E-state index is 12.1. The number of rotatable bonds is 6. The third-order valence-corrected chi connectivity index (χ3v) is 4.81. The van der Waals surface area contributed by atoms with Crippen LogP contribution in [0.4, 0.5) is 16.2 Å². The van der Waals surface area contributed by atoms with Gasteiger partial charge >= 0.3 is 138 Å². The standard InChI is InChI=1S/C15H12AsN2O5/c19-14(8-10-3-1-6-13(7-10)18(22)23)16-11-4-2-5-12(9-11)17-15(20)21/h1-7,9,17H,8H2,(H,20,21). The Bertz CT molecular complexity index is 763. The van der Waals surface area contributed by atoms with E-state index in [4.69, 9.17) is 5.11 Å². The van der Waals surface area contributed by atoms with Crippen LogP contribution in [-0.4, -0.2) is 36.4 Å². The molecule has 0 aliphatic rings. The molecule has 2 aromatic rings. The van der Waals surface area contributed by atoms with Gasteiger partial charge in [-0.15, -0.1) is 0 Å². The van der Waals surface area contributed by atoms with Gasteiger partial charge in [0.15, 0.2) is 0 Å². The fourth-order valence-corrected chi connectivity index (χ4v) is 3.83. The van der Waals surface area contributed by atoms with Gasteiger partial charge < -0.3 is 0 Å². The molecule has 0 bridgehead atoms. The number of benzene rings is 2. The van der Waals surface area contributed by atoms with Gasteiger partial charge in [-0.3, -0.25) is 0 Å². The Morgan fingerprint density at radius 3 is 2.61 bits per heavy atom. The minimum absolute atomic E-state index is 0.0192. The number of nitro groups is 1. The summed E-state index contributed by atoms with van der Waals surface area (Å²) in [6.45, 7) is 0. The predicted molar refractivity (Wildman–Crippen MR) is 85.3 cm³/mol. The van der Waals surface area contributed by atoms with E-state index in [0.29, 0.717) is 11.3 Å². The molecule has 2 aromatic carbocycles. The second-order valence-electron chi connectivity index (χ2n) is 4.59. The first-order valence-electron chi connectivity index (χ1n) is 6.52. The van der Waals surface area contributed by atoms with Crippen molar-refractivity contribution in [3.05, 3.63) is 64.2 Å². The van der Waals surface area contributed by atoms with Crippen molar-refractivity contribution < 1.29 is 19.6 Å². The minimum atomic E-state index is -1.17. The van der Waals surface area contributed by atoms with Crippen molar-refractivity contribution in [3.8, 4) is 0 Å². The fraction of sp³-hybridized carbons (Fsp3) is 0.0667. The molecule has 23 heavy (non-hydrogen) atoms. The molecular weight excluding hydrogens is 363 g/mol. The van der Waals surface area contributed by atoms with E-state index in [1.165, 1.54) is 12.1 Å². The Hall–Kier alpha value is -2.66. The Morgan fingerprint density at radius 1 is 1.17 bits per heavy atom. The maximum atomic E-state index is 12.1. The Labute approximate surface area is 138 Å². The number of nitro benzene ring substituents is 1. The van der Waals surface area contributed by atoms with Gasteiger partial charge in [0.25, 0.3) is 0 Å². The molecule has 0 saturated carbocycles. The van der Waals surface area contributed by atoms with Gasteiger partial charge in [0.2, 0.25) is 0 Å². The van der Waals surface area contributed by atoms with Crippen molar-refractivity contribution in [1.29, 1.82) is 0 Å². The van der Waals surface area contributed by atoms with Crippen LogP contribution in [0.2, 0.25) is 0 Å². The van der Waals surface area contributed by atoms with E-state index in [9.17, 15) is 19.7 Å². The number of anilines is 1. The van der Waals surface area contributed by atoms with E-state index in [-0.39, 0.29) is 16.7 Å². The summed E-state index contributed by atoms with van der Waals surface area (Å²) in [5.41, 5.74) is 0.965. The molecule has 2 rings (SSSR count). The van der Waals surface area contributed by atoms with Crippen LogP contribution in [0.1, 0.15) is 5.56 Å². The van der Waals surface area contributed by atoms with E-state index in [1.54, 1.807) is 36.4 Å². The molecule has 0 saturated heterocycles. The van der Waals surface area contributed by atoms with E-state index in [0.717, 1.165) is 4.35 Å². The van der Waals surface area contributed by atoms with Crippen LogP contribution in [0.5, 0.6) is 0 Å². The normalized spacial score (nSPS) is 10.6. The van der Waals surface area contributed by atoms with Crippen LogP contribution in [0, 0.1) is 10.1 Å². The van der Waals surface area contributed by atoms with Crippen molar-refractivity contribution in [1.82, 2.24) is 0 Å². The first-order valence-corrected chi connectivity index (χ1v) is 8.39. The average molecular weight is 375 g/mol. The van der Waals surface area contributed by atoms with E-state index in [1.807, 2.05) is 0 Å². The van der Waals surface area contributed by atoms with Gasteiger partial charge in [0.05, 0.1) is 0 Å². The SMILES string of the molecule is O=C(O)Nc1cccc([As]C(=O)Cc2cccc([N+](=O)[O-])c2)c1. The van der Waals surface area contributed by atoms with Gasteiger partial charge in [-0.05, 0) is 0 Å². The van der Waals surface area contributed by atoms with Crippen molar-refractivity contribution in [2.24, 2.45) is 0 Å². The molecule has 0 atom stereocenters. The summed E-state index contributed by atoms with van der Waals surface area (Å²) in [4.78, 5) is 33.0. The van der Waals surface area contributed by atoms with Gasteiger partial charge in [-0.25, -0.2) is 0 Å². The fourth-order valence-electron chi connectivity index (χ4n) is 1.91. The van der Waals surface area contributed by atoms with Crippen molar-refractivity contribution in [2.45, 2.75) is 6.42 Å². The van der Waals surface area contributed by atoms with Crippen LogP contribution in [0.3, 0.4) is 0 Å². The van der Waals surface area contributed by atoms with Crippen LogP contribution >= 0.6 is 0 Å². The summed E-state index contributed by atoms with van der Waals surface area (Å²) in [5.74, 6) is 0. The number of nitrogens with one attached hydrogen (secondary N) is 1. The quantitative estimate of drug-likeness (QED) is 0.455. The second kappa shape index (κ2) is 7.56. The molecule has 0 aliphatic heterocycles. The van der Waals surface area contributed by atoms with Gasteiger partial charge in [-0.1, -0.05) is 0 Å². The summed E-state index contributed by atoms with van der Waals surface area (Å²) in [6.07, 6.45) is -1.04. The second-order valence-corrected chi connectivity index (χ2v) is 7.19. The zero-order valence-corrected chi connectivity index (χ0v) is 13.7. The number of carbonyl (C=O) groups is 2. The molecule has 1 amide bonds. The van der Waals surface area contributed by atoms with E-state index >= 15 is 0 Å². The third kappa shape index (κ3) is 5.23. The first-order chi connectivity index (χ1) is 10.9. The van der Waals surface area contributed by atoms with Crippen LogP contribution < -0.4 is 9.67 Å². The Morgan fingerprint density at radius 2 is 1.91 bits per heavy atom. The van der Waals surface area contributed by atoms with Gasteiger partial charge in [0.1, 0.15) is 0 Å². The monoisotopic (exact) mass is 375 g/mol. The summed E-state index contributed by atoms with van der Waals surface area (Å²) in [7, 11) is 0. The number of amides is 1. The molecule has 0 fully saturated rings. The first kappa shape index (κ1) is 16.7. The summed E-state index contributed by atoms with van der Waals surface area (Å²) >= 11 is -0.810. The summed E-state index contributed by atoms with van der Waals surface area (Å²) < 4.78 is 0.747. The Balaban J connectivity index is 2.03. The number of carboxylic acid groups (broad SMARTS) is 1. The third-order valence-electron chi connectivity index (χ3n) is 2.83. The number of hydrogen-bond donors (Lipinski definition) is 2. The molecule has 0 aliphatic carbocycles. The number of hydrogen-bond acceptors (Lipinski definition) is 4. The molecule has 0 spiro atoms. The molecule has 0 unspecified atom stereocenters. The van der Waals surface area contributed by atoms with Crippen LogP contribution in [0.15, 0.2) is 48.5 Å². The summed E-state index contributed by atoms with van der Waals surface area (Å²) in [6, 6.07) is 12.7. The van der Waals surface area contributed by atoms with Crippen LogP contribution in [0.25, 0.3) is 0 Å². The molecule has 0 heterocycles. The van der Waals surface area contributed by atoms with E-state index < -0.39 is 26.8 Å². The molecule has 8 heteroatoms. The van der Waals surface area contributed by atoms with Crippen LogP contribution in [-0.2, 0) is 11.2 Å². The molecule has 7 nitrogen and oxygen atoms in total. The molecule has 117 valence electrons. The molecule has 2 N–H and O–H groups in total. The molecule has 0 aromatic heterocycles. The number of non-ortho nitro benzene ring substituents is 1. The van der Waals surface area contributed by atoms with Crippen molar-refractivity contribution in [3.63, 3.8) is 0 Å². The predicted octanol–water partition coefficient (Wildman–Crippen LogP) is 1.78. The summed E-state index contributed by atoms with van der Waals surface area (Å²) in [5, 5.41) is 21.6. The average Bonchev–Trinajstić information content (AvgIpc) is 2.47. The molecule has 1 radical (unpaired) electrons. The molecular formula is C15H12AsN2O5. The van der Waals surface area contributed by atoms with E-state index in [2.05, 4.69) is 5.32 Å². The van der Waals surface area contributed by atoms with Gasteiger partial charge in [0, 0.05) is 0 Å². The van der Waals surface area contributed by atoms with Crippen molar-refractivity contribution >= 4 is 42.1 Å². The zero-order chi connectivity index (χ0) is 16.8. The number of carbonyl (C=O) groups excluding carboxylic acids is 1.